The van der Waals surface area contributed by atoms with Crippen LogP contribution in [0.2, 0.25) is 0 Å². The van der Waals surface area contributed by atoms with E-state index in [0.29, 0.717) is 18.5 Å². The fraction of sp³-hybridized carbons (Fsp3) is 0.389. The van der Waals surface area contributed by atoms with Crippen molar-refractivity contribution in [3.05, 3.63) is 45.9 Å². The van der Waals surface area contributed by atoms with E-state index in [-0.39, 0.29) is 11.6 Å². The number of carbonyl (C=O) groups is 2. The molecule has 0 saturated heterocycles. The van der Waals surface area contributed by atoms with Gasteiger partial charge in [0.15, 0.2) is 0 Å². The van der Waals surface area contributed by atoms with E-state index < -0.39 is 28.5 Å². The minimum absolute atomic E-state index is 0.208. The number of thiazole rings is 1. The van der Waals surface area contributed by atoms with Gasteiger partial charge in [-0.1, -0.05) is 19.1 Å². The SMILES string of the molecule is CC[C@H](NC(=O)OC)C(=O)N[C@@H](Cc1ccc(NS(=O)(=O)O)cc1)c1csc(C)n1. The molecule has 0 unspecified atom stereocenters. The lowest BCUT2D eigenvalue weighted by molar-refractivity contribution is -0.123. The molecule has 0 bridgehead atoms. The molecule has 12 heteroatoms. The monoisotopic (exact) mass is 456 g/mol. The number of anilines is 1. The van der Waals surface area contributed by atoms with E-state index in [0.717, 1.165) is 10.6 Å². The molecule has 10 nitrogen and oxygen atoms in total. The third-order valence-electron chi connectivity index (χ3n) is 4.15. The molecule has 1 aromatic carbocycles. The van der Waals surface area contributed by atoms with Crippen molar-refractivity contribution in [3.63, 3.8) is 0 Å². The van der Waals surface area contributed by atoms with E-state index in [4.69, 9.17) is 4.55 Å². The average molecular weight is 457 g/mol. The molecule has 2 rings (SSSR count). The van der Waals surface area contributed by atoms with E-state index in [9.17, 15) is 18.0 Å². The Bertz CT molecular complexity index is 975. The van der Waals surface area contributed by atoms with Gasteiger partial charge in [-0.3, -0.25) is 14.1 Å². The van der Waals surface area contributed by atoms with Gasteiger partial charge in [0.1, 0.15) is 6.04 Å². The zero-order valence-electron chi connectivity index (χ0n) is 16.7. The third-order valence-corrected chi connectivity index (χ3v) is 5.44. The van der Waals surface area contributed by atoms with E-state index in [1.54, 1.807) is 19.1 Å². The molecule has 1 heterocycles. The van der Waals surface area contributed by atoms with Crippen molar-refractivity contribution >= 4 is 39.3 Å². The van der Waals surface area contributed by atoms with Crippen LogP contribution in [0.5, 0.6) is 0 Å². The Balaban J connectivity index is 2.18. The Hall–Kier alpha value is -2.70. The summed E-state index contributed by atoms with van der Waals surface area (Å²) in [6, 6.07) is 5.13. The molecule has 2 amide bonds. The van der Waals surface area contributed by atoms with Crippen LogP contribution in [0, 0.1) is 6.92 Å². The molecule has 164 valence electrons. The molecule has 2 atom stereocenters. The molecule has 0 aliphatic carbocycles. The summed E-state index contributed by atoms with van der Waals surface area (Å²) in [7, 11) is -3.13. The lowest BCUT2D eigenvalue weighted by atomic mass is 10.0. The van der Waals surface area contributed by atoms with Gasteiger partial charge < -0.3 is 15.4 Å². The van der Waals surface area contributed by atoms with E-state index in [1.807, 2.05) is 17.0 Å². The van der Waals surface area contributed by atoms with Gasteiger partial charge in [0.25, 0.3) is 0 Å². The van der Waals surface area contributed by atoms with E-state index >= 15 is 0 Å². The number of carbonyl (C=O) groups excluding carboxylic acids is 2. The van der Waals surface area contributed by atoms with Crippen LogP contribution in [-0.2, 0) is 26.3 Å². The fourth-order valence-corrected chi connectivity index (χ4v) is 3.79. The molecule has 2 aromatic rings. The first-order chi connectivity index (χ1) is 14.1. The number of ether oxygens (including phenoxy) is 1. The van der Waals surface area contributed by atoms with Crippen LogP contribution in [0.3, 0.4) is 0 Å². The van der Waals surface area contributed by atoms with Crippen molar-refractivity contribution in [3.8, 4) is 0 Å². The summed E-state index contributed by atoms with van der Waals surface area (Å²) in [5.41, 5.74) is 1.69. The topological polar surface area (TPSA) is 147 Å². The lowest BCUT2D eigenvalue weighted by Gasteiger charge is -2.22. The fourth-order valence-electron chi connectivity index (χ4n) is 2.69. The van der Waals surface area contributed by atoms with Crippen LogP contribution < -0.4 is 15.4 Å². The highest BCUT2D eigenvalue weighted by molar-refractivity contribution is 7.87. The molecule has 0 spiro atoms. The summed E-state index contributed by atoms with van der Waals surface area (Å²) in [6.07, 6.45) is 0.0649. The van der Waals surface area contributed by atoms with Gasteiger partial charge in [-0.15, -0.1) is 11.3 Å². The number of alkyl carbamates (subject to hydrolysis) is 1. The number of amides is 2. The zero-order valence-corrected chi connectivity index (χ0v) is 18.3. The highest BCUT2D eigenvalue weighted by atomic mass is 32.2. The Labute approximate surface area is 178 Å². The number of benzene rings is 1. The number of methoxy groups -OCH3 is 1. The second kappa shape index (κ2) is 10.4. The van der Waals surface area contributed by atoms with Crippen molar-refractivity contribution in [2.45, 2.75) is 38.8 Å². The molecule has 0 aliphatic rings. The zero-order chi connectivity index (χ0) is 22.3. The number of aromatic nitrogens is 1. The maximum Gasteiger partial charge on any atom is 0.407 e. The van der Waals surface area contributed by atoms with Crippen molar-refractivity contribution in [1.82, 2.24) is 15.6 Å². The normalized spacial score (nSPS) is 13.2. The van der Waals surface area contributed by atoms with Crippen LogP contribution >= 0.6 is 11.3 Å². The van der Waals surface area contributed by atoms with Gasteiger partial charge in [0.2, 0.25) is 5.91 Å². The maximum atomic E-state index is 12.7. The quantitative estimate of drug-likeness (QED) is 0.423. The van der Waals surface area contributed by atoms with Crippen LogP contribution in [0.1, 0.15) is 35.7 Å². The summed E-state index contributed by atoms with van der Waals surface area (Å²) in [5.74, 6) is -0.372. The minimum Gasteiger partial charge on any atom is -0.453 e. The summed E-state index contributed by atoms with van der Waals surface area (Å²) in [6.45, 7) is 3.62. The van der Waals surface area contributed by atoms with E-state index in [1.165, 1.54) is 30.6 Å². The number of aryl methyl sites for hydroxylation is 1. The molecule has 0 saturated carbocycles. The Morgan fingerprint density at radius 1 is 1.23 bits per heavy atom. The van der Waals surface area contributed by atoms with Crippen molar-refractivity contribution < 1.29 is 27.3 Å². The number of nitrogens with zero attached hydrogens (tertiary/aromatic N) is 1. The number of nitrogens with one attached hydrogen (secondary N) is 3. The summed E-state index contributed by atoms with van der Waals surface area (Å²) in [4.78, 5) is 28.6. The predicted molar refractivity (Wildman–Crippen MR) is 113 cm³/mol. The Morgan fingerprint density at radius 2 is 1.90 bits per heavy atom. The second-order valence-electron chi connectivity index (χ2n) is 6.43. The van der Waals surface area contributed by atoms with Crippen molar-refractivity contribution in [1.29, 1.82) is 0 Å². The molecule has 1 aromatic heterocycles. The molecule has 0 aliphatic heterocycles. The summed E-state index contributed by atoms with van der Waals surface area (Å²) < 4.78 is 37.2. The Kier molecular flexibility index (Phi) is 8.15. The Morgan fingerprint density at radius 3 is 2.40 bits per heavy atom. The molecular weight excluding hydrogens is 432 g/mol. The third kappa shape index (κ3) is 7.28. The average Bonchev–Trinajstić information content (AvgIpc) is 3.11. The first kappa shape index (κ1) is 23.6. The number of hydrogen-bond acceptors (Lipinski definition) is 7. The number of rotatable bonds is 9. The highest BCUT2D eigenvalue weighted by Gasteiger charge is 2.24. The predicted octanol–water partition coefficient (Wildman–Crippen LogP) is 2.20. The standard InChI is InChI=1S/C18H24N4O6S2/c1-4-14(21-18(24)28-3)17(23)20-15(16-10-29-11(2)19-16)9-12-5-7-13(8-6-12)22-30(25,26)27/h5-8,10,14-15,22H,4,9H2,1-3H3,(H,20,23)(H,21,24)(H,25,26,27)/t14-,15-/m0/s1. The molecule has 4 N–H and O–H groups in total. The molecule has 0 radical (unpaired) electrons. The van der Waals surface area contributed by atoms with Gasteiger partial charge in [-0.2, -0.15) is 8.42 Å². The van der Waals surface area contributed by atoms with Crippen LogP contribution in [0.15, 0.2) is 29.6 Å². The summed E-state index contributed by atoms with van der Waals surface area (Å²) in [5, 5.41) is 8.10. The molecule has 0 fully saturated rings. The smallest absolute Gasteiger partial charge is 0.407 e. The first-order valence-corrected chi connectivity index (χ1v) is 11.3. The van der Waals surface area contributed by atoms with Crippen LogP contribution in [0.4, 0.5) is 10.5 Å². The van der Waals surface area contributed by atoms with Crippen molar-refractivity contribution in [2.24, 2.45) is 0 Å². The minimum atomic E-state index is -4.35. The van der Waals surface area contributed by atoms with Crippen molar-refractivity contribution in [2.75, 3.05) is 11.8 Å². The molecule has 30 heavy (non-hydrogen) atoms. The summed E-state index contributed by atoms with van der Waals surface area (Å²) >= 11 is 1.45. The van der Waals surface area contributed by atoms with Gasteiger partial charge in [-0.05, 0) is 37.5 Å². The largest absolute Gasteiger partial charge is 0.453 e. The lowest BCUT2D eigenvalue weighted by Crippen LogP contribution is -2.47. The van der Waals surface area contributed by atoms with Gasteiger partial charge >= 0.3 is 16.4 Å². The molecular formula is C18H24N4O6S2. The van der Waals surface area contributed by atoms with Gasteiger partial charge in [0, 0.05) is 5.38 Å². The first-order valence-electron chi connectivity index (χ1n) is 9.02. The highest BCUT2D eigenvalue weighted by Crippen LogP contribution is 2.22. The maximum absolute atomic E-state index is 12.7. The van der Waals surface area contributed by atoms with E-state index in [2.05, 4.69) is 20.4 Å². The van der Waals surface area contributed by atoms with Crippen LogP contribution in [0.25, 0.3) is 0 Å². The van der Waals surface area contributed by atoms with Gasteiger partial charge in [0.05, 0.1) is 29.5 Å². The van der Waals surface area contributed by atoms with Gasteiger partial charge in [-0.25, -0.2) is 9.78 Å². The second-order valence-corrected chi connectivity index (χ2v) is 8.64. The van der Waals surface area contributed by atoms with Crippen LogP contribution in [-0.4, -0.2) is 43.1 Å². The number of hydrogen-bond donors (Lipinski definition) is 4.